The van der Waals surface area contributed by atoms with Gasteiger partial charge in [-0.3, -0.25) is 0 Å². The number of nitrogens with zero attached hydrogens (tertiary/aromatic N) is 1. The van der Waals surface area contributed by atoms with Gasteiger partial charge in [0, 0.05) is 36.5 Å². The largest absolute Gasteiger partial charge is 0.348 e. The Labute approximate surface area is 112 Å². The predicted octanol–water partition coefficient (Wildman–Crippen LogP) is 2.23. The van der Waals surface area contributed by atoms with Crippen molar-refractivity contribution < 1.29 is 9.47 Å². The second-order valence-electron chi connectivity index (χ2n) is 5.15. The van der Waals surface area contributed by atoms with E-state index in [0.29, 0.717) is 6.04 Å². The number of rotatable bonds is 3. The first kappa shape index (κ1) is 12.5. The summed E-state index contributed by atoms with van der Waals surface area (Å²) < 4.78 is 11.5. The van der Waals surface area contributed by atoms with E-state index >= 15 is 0 Å². The van der Waals surface area contributed by atoms with E-state index in [2.05, 4.69) is 15.7 Å². The fourth-order valence-corrected chi connectivity index (χ4v) is 3.49. The van der Waals surface area contributed by atoms with E-state index in [9.17, 15) is 0 Å². The number of ether oxygens (including phenoxy) is 2. The molecule has 0 atom stereocenters. The van der Waals surface area contributed by atoms with Crippen LogP contribution < -0.4 is 5.32 Å². The smallest absolute Gasteiger partial charge is 0.168 e. The van der Waals surface area contributed by atoms with Crippen LogP contribution in [0.15, 0.2) is 5.38 Å². The van der Waals surface area contributed by atoms with Gasteiger partial charge in [0.1, 0.15) is 5.01 Å². The molecule has 0 aromatic carbocycles. The first-order chi connectivity index (χ1) is 8.76. The normalized spacial score (nSPS) is 23.8. The van der Waals surface area contributed by atoms with E-state index in [4.69, 9.17) is 9.47 Å². The maximum absolute atomic E-state index is 5.74. The molecule has 0 bridgehead atoms. The number of thiazole rings is 1. The first-order valence-electron chi connectivity index (χ1n) is 6.68. The number of nitrogens with one attached hydrogen (secondary N) is 1. The van der Waals surface area contributed by atoms with E-state index in [1.54, 1.807) is 11.3 Å². The fourth-order valence-electron chi connectivity index (χ4n) is 2.76. The van der Waals surface area contributed by atoms with Crippen molar-refractivity contribution in [3.63, 3.8) is 0 Å². The van der Waals surface area contributed by atoms with Crippen LogP contribution in [0.25, 0.3) is 0 Å². The van der Waals surface area contributed by atoms with E-state index in [1.807, 2.05) is 6.92 Å². The van der Waals surface area contributed by atoms with Crippen LogP contribution in [0.5, 0.6) is 0 Å². The molecule has 1 aliphatic carbocycles. The van der Waals surface area contributed by atoms with Gasteiger partial charge in [0.25, 0.3) is 0 Å². The van der Waals surface area contributed by atoms with Crippen LogP contribution in [-0.4, -0.2) is 30.0 Å². The predicted molar refractivity (Wildman–Crippen MR) is 70.6 cm³/mol. The van der Waals surface area contributed by atoms with Crippen LogP contribution in [0, 0.1) is 6.92 Å². The van der Waals surface area contributed by atoms with Crippen molar-refractivity contribution in [3.8, 4) is 0 Å². The molecule has 0 unspecified atom stereocenters. The summed E-state index contributed by atoms with van der Waals surface area (Å²) in [4.78, 5) is 4.47. The van der Waals surface area contributed by atoms with Crippen LogP contribution in [0.2, 0.25) is 0 Å². The average molecular weight is 268 g/mol. The molecule has 1 saturated heterocycles. The molecule has 1 spiro atoms. The Balaban J connectivity index is 1.45. The van der Waals surface area contributed by atoms with Crippen molar-refractivity contribution in [1.82, 2.24) is 10.3 Å². The third-order valence-electron chi connectivity index (χ3n) is 3.77. The minimum absolute atomic E-state index is 0.240. The molecule has 0 radical (unpaired) electrons. The summed E-state index contributed by atoms with van der Waals surface area (Å²) in [6.07, 6.45) is 4.29. The topological polar surface area (TPSA) is 43.4 Å². The molecule has 1 aromatic rings. The second kappa shape index (κ2) is 5.25. The van der Waals surface area contributed by atoms with Gasteiger partial charge in [-0.05, 0) is 19.8 Å². The highest BCUT2D eigenvalue weighted by atomic mass is 32.1. The Morgan fingerprint density at radius 1 is 1.39 bits per heavy atom. The number of hydrogen-bond donors (Lipinski definition) is 1. The van der Waals surface area contributed by atoms with Crippen molar-refractivity contribution in [2.24, 2.45) is 0 Å². The van der Waals surface area contributed by atoms with Crippen LogP contribution in [-0.2, 0) is 16.0 Å². The molecule has 1 N–H and O–H groups in total. The molecule has 1 saturated carbocycles. The second-order valence-corrected chi connectivity index (χ2v) is 6.09. The van der Waals surface area contributed by atoms with Crippen molar-refractivity contribution in [1.29, 1.82) is 0 Å². The summed E-state index contributed by atoms with van der Waals surface area (Å²) in [5.74, 6) is -0.240. The van der Waals surface area contributed by atoms with Crippen LogP contribution >= 0.6 is 11.3 Å². The summed E-state index contributed by atoms with van der Waals surface area (Å²) in [5, 5.41) is 6.88. The molecule has 0 amide bonds. The Morgan fingerprint density at radius 2 is 2.11 bits per heavy atom. The highest BCUT2D eigenvalue weighted by Gasteiger charge is 2.40. The Bertz CT molecular complexity index is 391. The molecule has 3 rings (SSSR count). The van der Waals surface area contributed by atoms with E-state index in [-0.39, 0.29) is 5.79 Å². The quantitative estimate of drug-likeness (QED) is 0.913. The lowest BCUT2D eigenvalue weighted by atomic mass is 9.90. The highest BCUT2D eigenvalue weighted by molar-refractivity contribution is 7.09. The zero-order valence-corrected chi connectivity index (χ0v) is 11.6. The van der Waals surface area contributed by atoms with E-state index in [1.165, 1.54) is 5.01 Å². The summed E-state index contributed by atoms with van der Waals surface area (Å²) in [6.45, 7) is 4.45. The van der Waals surface area contributed by atoms with Gasteiger partial charge in [-0.15, -0.1) is 11.3 Å². The van der Waals surface area contributed by atoms with E-state index in [0.717, 1.165) is 51.1 Å². The minimum atomic E-state index is -0.240. The average Bonchev–Trinajstić information content (AvgIpc) is 2.99. The highest BCUT2D eigenvalue weighted by Crippen LogP contribution is 2.35. The Hall–Kier alpha value is -0.490. The SMILES string of the molecule is Cc1csc(CNC2CCC3(CC2)OCCO3)n1. The molecule has 18 heavy (non-hydrogen) atoms. The summed E-state index contributed by atoms with van der Waals surface area (Å²) in [5.41, 5.74) is 1.12. The van der Waals surface area contributed by atoms with Crippen LogP contribution in [0.3, 0.4) is 0 Å². The Kier molecular flexibility index (Phi) is 3.66. The molecule has 4 nitrogen and oxygen atoms in total. The summed E-state index contributed by atoms with van der Waals surface area (Å²) in [7, 11) is 0. The van der Waals surface area contributed by atoms with Gasteiger partial charge in [0.2, 0.25) is 0 Å². The standard InChI is InChI=1S/C13H20N2O2S/c1-10-9-18-12(15-10)8-14-11-2-4-13(5-3-11)16-6-7-17-13/h9,11,14H,2-8H2,1H3. The third kappa shape index (κ3) is 2.74. The maximum Gasteiger partial charge on any atom is 0.168 e. The molecule has 1 aromatic heterocycles. The van der Waals surface area contributed by atoms with Gasteiger partial charge in [0.05, 0.1) is 13.2 Å². The first-order valence-corrected chi connectivity index (χ1v) is 7.56. The molecule has 1 aliphatic heterocycles. The minimum Gasteiger partial charge on any atom is -0.348 e. The van der Waals surface area contributed by atoms with Crippen LogP contribution in [0.1, 0.15) is 36.4 Å². The summed E-state index contributed by atoms with van der Waals surface area (Å²) >= 11 is 1.73. The molecule has 5 heteroatoms. The van der Waals surface area contributed by atoms with Gasteiger partial charge in [0.15, 0.2) is 5.79 Å². The molecule has 2 aliphatic rings. The molecular weight excluding hydrogens is 248 g/mol. The lowest BCUT2D eigenvalue weighted by Gasteiger charge is -2.35. The van der Waals surface area contributed by atoms with Gasteiger partial charge in [-0.2, -0.15) is 0 Å². The zero-order chi connectivity index (χ0) is 12.4. The van der Waals surface area contributed by atoms with Gasteiger partial charge >= 0.3 is 0 Å². The molecule has 100 valence electrons. The Morgan fingerprint density at radius 3 is 2.72 bits per heavy atom. The fraction of sp³-hybridized carbons (Fsp3) is 0.769. The van der Waals surface area contributed by atoms with Crippen molar-refractivity contribution in [3.05, 3.63) is 16.1 Å². The van der Waals surface area contributed by atoms with Gasteiger partial charge < -0.3 is 14.8 Å². The monoisotopic (exact) mass is 268 g/mol. The molecule has 2 fully saturated rings. The molecular formula is C13H20N2O2S. The number of aromatic nitrogens is 1. The van der Waals surface area contributed by atoms with Crippen molar-refractivity contribution >= 4 is 11.3 Å². The maximum atomic E-state index is 5.74. The number of aryl methyl sites for hydroxylation is 1. The van der Waals surface area contributed by atoms with Gasteiger partial charge in [-0.1, -0.05) is 0 Å². The summed E-state index contributed by atoms with van der Waals surface area (Å²) in [6, 6.07) is 0.577. The van der Waals surface area contributed by atoms with E-state index < -0.39 is 0 Å². The van der Waals surface area contributed by atoms with Crippen molar-refractivity contribution in [2.45, 2.75) is 51.0 Å². The lowest BCUT2D eigenvalue weighted by molar-refractivity contribution is -0.179. The van der Waals surface area contributed by atoms with Gasteiger partial charge in [-0.25, -0.2) is 4.98 Å². The van der Waals surface area contributed by atoms with Crippen molar-refractivity contribution in [2.75, 3.05) is 13.2 Å². The third-order valence-corrected chi connectivity index (χ3v) is 4.74. The lowest BCUT2D eigenvalue weighted by Crippen LogP contribution is -2.41. The number of hydrogen-bond acceptors (Lipinski definition) is 5. The molecule has 2 heterocycles. The zero-order valence-electron chi connectivity index (χ0n) is 10.8. The van der Waals surface area contributed by atoms with Crippen LogP contribution in [0.4, 0.5) is 0 Å².